The lowest BCUT2D eigenvalue weighted by atomic mass is 9.94. The fraction of sp³-hybridized carbons (Fsp3) is 0.762. The Morgan fingerprint density at radius 1 is 0.857 bits per heavy atom. The van der Waals surface area contributed by atoms with Gasteiger partial charge < -0.3 is 9.80 Å². The van der Waals surface area contributed by atoms with Crippen molar-refractivity contribution in [3.8, 4) is 0 Å². The Balaban J connectivity index is 1.31. The third-order valence-corrected chi connectivity index (χ3v) is 6.51. The van der Waals surface area contributed by atoms with E-state index in [1.165, 1.54) is 44.9 Å². The molecule has 3 aliphatic rings. The molecule has 2 aliphatic heterocycles. The summed E-state index contributed by atoms with van der Waals surface area (Å²) in [6.45, 7) is 5.87. The summed E-state index contributed by atoms with van der Waals surface area (Å²) in [6.07, 6.45) is 13.1. The molecule has 4 rings (SSSR count). The molecule has 1 N–H and O–H groups in total. The van der Waals surface area contributed by atoms with Gasteiger partial charge in [-0.3, -0.25) is 10.2 Å². The van der Waals surface area contributed by atoms with E-state index in [1.807, 2.05) is 11.0 Å². The fourth-order valence-corrected chi connectivity index (χ4v) is 4.81. The van der Waals surface area contributed by atoms with Crippen molar-refractivity contribution in [2.45, 2.75) is 63.8 Å². The zero-order valence-corrected chi connectivity index (χ0v) is 17.0. The molecule has 2 amide bonds. The van der Waals surface area contributed by atoms with Crippen LogP contribution in [0.1, 0.15) is 57.8 Å². The Hall–Kier alpha value is -1.89. The van der Waals surface area contributed by atoms with Gasteiger partial charge in [-0.1, -0.05) is 32.1 Å². The molecule has 7 heteroatoms. The number of carbonyl (C=O) groups is 1. The second-order valence-electron chi connectivity index (χ2n) is 8.41. The minimum atomic E-state index is -0.0336. The van der Waals surface area contributed by atoms with Crippen molar-refractivity contribution in [1.29, 1.82) is 0 Å². The number of anilines is 2. The summed E-state index contributed by atoms with van der Waals surface area (Å²) in [7, 11) is 0. The topological polar surface area (TPSA) is 64.6 Å². The van der Waals surface area contributed by atoms with Gasteiger partial charge in [-0.05, 0) is 25.7 Å². The largest absolute Gasteiger partial charge is 0.354 e. The average molecular weight is 387 g/mol. The molecule has 1 aromatic heterocycles. The quantitative estimate of drug-likeness (QED) is 0.863. The smallest absolute Gasteiger partial charge is 0.323 e. The molecular weight excluding hydrogens is 352 g/mol. The number of amides is 2. The zero-order chi connectivity index (χ0) is 19.2. The van der Waals surface area contributed by atoms with Gasteiger partial charge in [-0.2, -0.15) is 0 Å². The summed E-state index contributed by atoms with van der Waals surface area (Å²) in [5.74, 6) is 1.53. The molecule has 1 saturated carbocycles. The molecule has 0 aromatic carbocycles. The lowest BCUT2D eigenvalue weighted by Gasteiger charge is -2.41. The molecule has 0 radical (unpaired) electrons. The molecular formula is C21H34N6O. The van der Waals surface area contributed by atoms with E-state index in [0.29, 0.717) is 5.82 Å². The van der Waals surface area contributed by atoms with E-state index in [2.05, 4.69) is 25.1 Å². The minimum Gasteiger partial charge on any atom is -0.354 e. The van der Waals surface area contributed by atoms with Gasteiger partial charge >= 0.3 is 6.03 Å². The standard InChI is InChI=1S/C21H34N6O/c28-21(27-10-6-1-2-7-11-27)24-19-16-20(23-17-22-19)26-14-12-25(13-15-26)18-8-4-3-5-9-18/h16-18H,1-15H2,(H,22,23,24,28). The number of piperazine rings is 1. The predicted octanol–water partition coefficient (Wildman–Crippen LogP) is 3.34. The van der Waals surface area contributed by atoms with Crippen LogP contribution in [0.3, 0.4) is 0 Å². The highest BCUT2D eigenvalue weighted by atomic mass is 16.2. The minimum absolute atomic E-state index is 0.0336. The Bertz CT molecular complexity index is 632. The third-order valence-electron chi connectivity index (χ3n) is 6.51. The monoisotopic (exact) mass is 386 g/mol. The maximum absolute atomic E-state index is 12.6. The molecule has 3 fully saturated rings. The molecule has 3 heterocycles. The first-order chi connectivity index (χ1) is 13.8. The normalized spacial score (nSPS) is 22.7. The van der Waals surface area contributed by atoms with Crippen LogP contribution in [0.5, 0.6) is 0 Å². The van der Waals surface area contributed by atoms with Gasteiger partial charge in [-0.15, -0.1) is 0 Å². The first-order valence-electron chi connectivity index (χ1n) is 11.2. The van der Waals surface area contributed by atoms with Gasteiger partial charge in [0.05, 0.1) is 0 Å². The van der Waals surface area contributed by atoms with Crippen LogP contribution in [0.15, 0.2) is 12.4 Å². The highest BCUT2D eigenvalue weighted by Crippen LogP contribution is 2.25. The van der Waals surface area contributed by atoms with E-state index in [4.69, 9.17) is 0 Å². The number of urea groups is 1. The summed E-state index contributed by atoms with van der Waals surface area (Å²) >= 11 is 0. The Morgan fingerprint density at radius 3 is 2.25 bits per heavy atom. The third kappa shape index (κ3) is 4.93. The molecule has 7 nitrogen and oxygen atoms in total. The van der Waals surface area contributed by atoms with Crippen molar-refractivity contribution in [2.24, 2.45) is 0 Å². The zero-order valence-electron chi connectivity index (χ0n) is 17.0. The van der Waals surface area contributed by atoms with E-state index in [0.717, 1.165) is 64.0 Å². The second kappa shape index (κ2) is 9.54. The summed E-state index contributed by atoms with van der Waals surface area (Å²) in [4.78, 5) is 28.2. The number of nitrogens with one attached hydrogen (secondary N) is 1. The summed E-state index contributed by atoms with van der Waals surface area (Å²) < 4.78 is 0. The number of rotatable bonds is 3. The predicted molar refractivity (Wildman–Crippen MR) is 112 cm³/mol. The Kier molecular flexibility index (Phi) is 6.62. The van der Waals surface area contributed by atoms with Gasteiger partial charge in [0.25, 0.3) is 0 Å². The van der Waals surface area contributed by atoms with Gasteiger partial charge in [0.1, 0.15) is 18.0 Å². The summed E-state index contributed by atoms with van der Waals surface area (Å²) in [6, 6.07) is 2.67. The maximum atomic E-state index is 12.6. The number of hydrogen-bond acceptors (Lipinski definition) is 5. The highest BCUT2D eigenvalue weighted by Gasteiger charge is 2.26. The van der Waals surface area contributed by atoms with E-state index in [-0.39, 0.29) is 6.03 Å². The molecule has 2 saturated heterocycles. The van der Waals surface area contributed by atoms with Crippen molar-refractivity contribution >= 4 is 17.7 Å². The molecule has 0 bridgehead atoms. The van der Waals surface area contributed by atoms with Crippen molar-refractivity contribution < 1.29 is 4.79 Å². The van der Waals surface area contributed by atoms with E-state index < -0.39 is 0 Å². The molecule has 0 atom stereocenters. The van der Waals surface area contributed by atoms with Crippen LogP contribution in [0.2, 0.25) is 0 Å². The molecule has 28 heavy (non-hydrogen) atoms. The van der Waals surface area contributed by atoms with Gasteiger partial charge in [-0.25, -0.2) is 14.8 Å². The van der Waals surface area contributed by atoms with E-state index in [1.54, 1.807) is 6.33 Å². The SMILES string of the molecule is O=C(Nc1cc(N2CCN(C3CCCCC3)CC2)ncn1)N1CCCCCC1. The fourth-order valence-electron chi connectivity index (χ4n) is 4.81. The van der Waals surface area contributed by atoms with Crippen molar-refractivity contribution in [3.05, 3.63) is 12.4 Å². The molecule has 1 aliphatic carbocycles. The van der Waals surface area contributed by atoms with Crippen LogP contribution in [-0.2, 0) is 0 Å². The van der Waals surface area contributed by atoms with Gasteiger partial charge in [0.15, 0.2) is 0 Å². The van der Waals surface area contributed by atoms with Crippen molar-refractivity contribution in [2.75, 3.05) is 49.5 Å². The maximum Gasteiger partial charge on any atom is 0.323 e. The number of likely N-dealkylation sites (tertiary alicyclic amines) is 1. The summed E-state index contributed by atoms with van der Waals surface area (Å²) in [5.41, 5.74) is 0. The van der Waals surface area contributed by atoms with E-state index in [9.17, 15) is 4.79 Å². The number of hydrogen-bond donors (Lipinski definition) is 1. The van der Waals surface area contributed by atoms with Crippen LogP contribution in [0, 0.1) is 0 Å². The first-order valence-corrected chi connectivity index (χ1v) is 11.2. The van der Waals surface area contributed by atoms with E-state index >= 15 is 0 Å². The average Bonchev–Trinajstić information content (AvgIpc) is 3.04. The first kappa shape index (κ1) is 19.4. The molecule has 0 spiro atoms. The second-order valence-corrected chi connectivity index (χ2v) is 8.41. The lowest BCUT2D eigenvalue weighted by Crippen LogP contribution is -2.51. The van der Waals surface area contributed by atoms with Crippen LogP contribution < -0.4 is 10.2 Å². The summed E-state index contributed by atoms with van der Waals surface area (Å²) in [5, 5.41) is 2.98. The molecule has 154 valence electrons. The lowest BCUT2D eigenvalue weighted by molar-refractivity contribution is 0.147. The van der Waals surface area contributed by atoms with Crippen LogP contribution in [-0.4, -0.2) is 71.1 Å². The van der Waals surface area contributed by atoms with Crippen molar-refractivity contribution in [3.63, 3.8) is 0 Å². The number of nitrogens with zero attached hydrogens (tertiary/aromatic N) is 5. The number of carbonyl (C=O) groups excluding carboxylic acids is 1. The van der Waals surface area contributed by atoms with Gasteiger partial charge in [0.2, 0.25) is 0 Å². The van der Waals surface area contributed by atoms with Crippen LogP contribution >= 0.6 is 0 Å². The van der Waals surface area contributed by atoms with Gasteiger partial charge in [0, 0.05) is 51.4 Å². The van der Waals surface area contributed by atoms with Crippen molar-refractivity contribution in [1.82, 2.24) is 19.8 Å². The van der Waals surface area contributed by atoms with Crippen LogP contribution in [0.25, 0.3) is 0 Å². The molecule has 0 unspecified atom stereocenters. The van der Waals surface area contributed by atoms with Crippen LogP contribution in [0.4, 0.5) is 16.4 Å². The Morgan fingerprint density at radius 2 is 1.54 bits per heavy atom. The molecule has 1 aromatic rings. The number of aromatic nitrogens is 2. The highest BCUT2D eigenvalue weighted by molar-refractivity contribution is 5.88. The Labute approximate surface area is 168 Å².